The van der Waals surface area contributed by atoms with E-state index < -0.39 is 5.60 Å². The van der Waals surface area contributed by atoms with E-state index in [0.29, 0.717) is 0 Å². The van der Waals surface area contributed by atoms with Crippen LogP contribution in [0.4, 0.5) is 0 Å². The summed E-state index contributed by atoms with van der Waals surface area (Å²) in [5, 5.41) is 0.777. The fraction of sp³-hybridized carbons (Fsp3) is 0.583. The number of esters is 1. The first-order valence-electron chi connectivity index (χ1n) is 5.68. The van der Waals surface area contributed by atoms with Crippen LogP contribution in [0.15, 0.2) is 15.7 Å². The van der Waals surface area contributed by atoms with E-state index in [1.54, 1.807) is 6.07 Å². The molecule has 0 saturated carbocycles. The van der Waals surface area contributed by atoms with Crippen LogP contribution in [0.2, 0.25) is 0 Å². The number of aromatic nitrogens is 2. The normalized spacial score (nSPS) is 11.4. The minimum atomic E-state index is -0.446. The standard InChI is InChI=1S/C12H17BrN2O2S/c1-5-9-14-8(13)6-10(15-9)18-7-11(16)17-12(2,3)4/h6H,5,7H2,1-4H3. The van der Waals surface area contributed by atoms with E-state index in [9.17, 15) is 4.79 Å². The number of rotatable bonds is 4. The van der Waals surface area contributed by atoms with Gasteiger partial charge in [0.25, 0.3) is 0 Å². The van der Waals surface area contributed by atoms with E-state index in [2.05, 4.69) is 25.9 Å². The highest BCUT2D eigenvalue weighted by molar-refractivity contribution is 9.10. The Kier molecular flexibility index (Phi) is 5.59. The first kappa shape index (κ1) is 15.4. The third-order valence-electron chi connectivity index (χ3n) is 1.79. The zero-order valence-electron chi connectivity index (χ0n) is 11.0. The van der Waals surface area contributed by atoms with E-state index in [1.165, 1.54) is 11.8 Å². The number of carbonyl (C=O) groups excluding carboxylic acids is 1. The maximum atomic E-state index is 11.6. The number of nitrogens with zero attached hydrogens (tertiary/aromatic N) is 2. The summed E-state index contributed by atoms with van der Waals surface area (Å²) in [5.41, 5.74) is -0.446. The van der Waals surface area contributed by atoms with Crippen LogP contribution in [-0.2, 0) is 16.0 Å². The van der Waals surface area contributed by atoms with Gasteiger partial charge < -0.3 is 4.74 Å². The van der Waals surface area contributed by atoms with Crippen molar-refractivity contribution >= 4 is 33.7 Å². The van der Waals surface area contributed by atoms with Crippen molar-refractivity contribution in [2.75, 3.05) is 5.75 Å². The van der Waals surface area contributed by atoms with Gasteiger partial charge in [0.15, 0.2) is 0 Å². The number of carbonyl (C=O) groups is 1. The molecule has 0 amide bonds. The number of halogens is 1. The fourth-order valence-corrected chi connectivity index (χ4v) is 2.44. The quantitative estimate of drug-likeness (QED) is 0.481. The Morgan fingerprint density at radius 2 is 2.11 bits per heavy atom. The van der Waals surface area contributed by atoms with Crippen molar-refractivity contribution in [1.29, 1.82) is 0 Å². The second-order valence-electron chi connectivity index (χ2n) is 4.67. The molecule has 0 unspecified atom stereocenters. The summed E-state index contributed by atoms with van der Waals surface area (Å²) < 4.78 is 5.97. The van der Waals surface area contributed by atoms with Gasteiger partial charge in [0.1, 0.15) is 21.1 Å². The van der Waals surface area contributed by atoms with Crippen molar-refractivity contribution in [3.63, 3.8) is 0 Å². The summed E-state index contributed by atoms with van der Waals surface area (Å²) in [6, 6.07) is 1.80. The average molecular weight is 333 g/mol. The number of hydrogen-bond donors (Lipinski definition) is 0. The Morgan fingerprint density at radius 1 is 1.44 bits per heavy atom. The molecule has 0 fully saturated rings. The molecule has 0 saturated heterocycles. The monoisotopic (exact) mass is 332 g/mol. The molecule has 100 valence electrons. The average Bonchev–Trinajstić information content (AvgIpc) is 2.23. The molecule has 0 aliphatic rings. The lowest BCUT2D eigenvalue weighted by Crippen LogP contribution is -2.24. The third-order valence-corrected chi connectivity index (χ3v) is 3.08. The van der Waals surface area contributed by atoms with Gasteiger partial charge in [-0.25, -0.2) is 9.97 Å². The minimum Gasteiger partial charge on any atom is -0.459 e. The molecule has 4 nitrogen and oxygen atoms in total. The van der Waals surface area contributed by atoms with Gasteiger partial charge in [0, 0.05) is 12.5 Å². The Morgan fingerprint density at radius 3 is 2.67 bits per heavy atom. The molecule has 0 aliphatic heterocycles. The summed E-state index contributed by atoms with van der Waals surface area (Å²) in [7, 11) is 0. The van der Waals surface area contributed by atoms with E-state index in [-0.39, 0.29) is 11.7 Å². The Labute approximate surface area is 120 Å². The number of ether oxygens (including phenoxy) is 1. The van der Waals surface area contributed by atoms with E-state index in [4.69, 9.17) is 4.74 Å². The lowest BCUT2D eigenvalue weighted by atomic mass is 10.2. The van der Waals surface area contributed by atoms with E-state index in [0.717, 1.165) is 21.9 Å². The summed E-state index contributed by atoms with van der Waals surface area (Å²) in [6.07, 6.45) is 0.763. The topological polar surface area (TPSA) is 52.1 Å². The van der Waals surface area contributed by atoms with Crippen molar-refractivity contribution in [2.45, 2.75) is 44.7 Å². The molecule has 0 atom stereocenters. The molecule has 1 rings (SSSR count). The highest BCUT2D eigenvalue weighted by Crippen LogP contribution is 2.20. The predicted octanol–water partition coefficient (Wildman–Crippen LogP) is 3.24. The van der Waals surface area contributed by atoms with Crippen LogP contribution in [0.1, 0.15) is 33.5 Å². The predicted molar refractivity (Wildman–Crippen MR) is 75.7 cm³/mol. The highest BCUT2D eigenvalue weighted by Gasteiger charge is 2.16. The molecule has 1 aromatic heterocycles. The molecule has 6 heteroatoms. The van der Waals surface area contributed by atoms with Crippen LogP contribution < -0.4 is 0 Å². The molecular weight excluding hydrogens is 316 g/mol. The van der Waals surface area contributed by atoms with Crippen LogP contribution in [0.3, 0.4) is 0 Å². The van der Waals surface area contributed by atoms with Gasteiger partial charge in [-0.3, -0.25) is 4.79 Å². The van der Waals surface area contributed by atoms with Crippen LogP contribution in [-0.4, -0.2) is 27.3 Å². The zero-order chi connectivity index (χ0) is 13.8. The lowest BCUT2D eigenvalue weighted by molar-refractivity contribution is -0.151. The molecule has 0 N–H and O–H groups in total. The molecule has 1 heterocycles. The Balaban J connectivity index is 2.58. The zero-order valence-corrected chi connectivity index (χ0v) is 13.4. The molecule has 0 aromatic carbocycles. The molecular formula is C12H17BrN2O2S. The summed E-state index contributed by atoms with van der Waals surface area (Å²) in [5.74, 6) is 0.778. The van der Waals surface area contributed by atoms with Gasteiger partial charge in [0.2, 0.25) is 0 Å². The van der Waals surface area contributed by atoms with Gasteiger partial charge in [0.05, 0.1) is 5.75 Å². The maximum Gasteiger partial charge on any atom is 0.316 e. The maximum absolute atomic E-state index is 11.6. The molecule has 0 radical (unpaired) electrons. The fourth-order valence-electron chi connectivity index (χ4n) is 1.18. The molecule has 1 aromatic rings. The first-order valence-corrected chi connectivity index (χ1v) is 7.46. The number of hydrogen-bond acceptors (Lipinski definition) is 5. The van der Waals surface area contributed by atoms with Gasteiger partial charge in [-0.1, -0.05) is 18.7 Å². The van der Waals surface area contributed by atoms with E-state index in [1.807, 2.05) is 27.7 Å². The number of thioether (sulfide) groups is 1. The van der Waals surface area contributed by atoms with Crippen molar-refractivity contribution in [2.24, 2.45) is 0 Å². The van der Waals surface area contributed by atoms with Crippen molar-refractivity contribution in [3.8, 4) is 0 Å². The SMILES string of the molecule is CCc1nc(Br)cc(SCC(=O)OC(C)(C)C)n1. The van der Waals surface area contributed by atoms with E-state index >= 15 is 0 Å². The Hall–Kier alpha value is -0.620. The van der Waals surface area contributed by atoms with Crippen LogP contribution in [0.5, 0.6) is 0 Å². The van der Waals surface area contributed by atoms with Crippen molar-refractivity contribution in [1.82, 2.24) is 9.97 Å². The van der Waals surface area contributed by atoms with Crippen LogP contribution >= 0.6 is 27.7 Å². The molecule has 0 bridgehead atoms. The highest BCUT2D eigenvalue weighted by atomic mass is 79.9. The van der Waals surface area contributed by atoms with Gasteiger partial charge >= 0.3 is 5.97 Å². The Bertz CT molecular complexity index is 433. The molecule has 0 aliphatic carbocycles. The van der Waals surface area contributed by atoms with Crippen molar-refractivity contribution in [3.05, 3.63) is 16.5 Å². The van der Waals surface area contributed by atoms with Gasteiger partial charge in [-0.05, 0) is 36.7 Å². The number of aryl methyl sites for hydroxylation is 1. The third kappa shape index (κ3) is 5.82. The summed E-state index contributed by atoms with van der Waals surface area (Å²) >= 11 is 4.69. The molecule has 0 spiro atoms. The van der Waals surface area contributed by atoms with Crippen LogP contribution in [0.25, 0.3) is 0 Å². The second kappa shape index (κ2) is 6.52. The summed E-state index contributed by atoms with van der Waals surface area (Å²) in [6.45, 7) is 7.55. The second-order valence-corrected chi connectivity index (χ2v) is 6.48. The van der Waals surface area contributed by atoms with Crippen LogP contribution in [0, 0.1) is 0 Å². The molecule has 18 heavy (non-hydrogen) atoms. The van der Waals surface area contributed by atoms with Crippen molar-refractivity contribution < 1.29 is 9.53 Å². The lowest BCUT2D eigenvalue weighted by Gasteiger charge is -2.19. The first-order chi connectivity index (χ1) is 8.30. The van der Waals surface area contributed by atoms with Gasteiger partial charge in [-0.15, -0.1) is 0 Å². The smallest absolute Gasteiger partial charge is 0.316 e. The minimum absolute atomic E-state index is 0.236. The summed E-state index contributed by atoms with van der Waals surface area (Å²) in [4.78, 5) is 20.1. The van der Waals surface area contributed by atoms with Gasteiger partial charge in [-0.2, -0.15) is 0 Å². The largest absolute Gasteiger partial charge is 0.459 e.